The Morgan fingerprint density at radius 2 is 2.26 bits per heavy atom. The fraction of sp³-hybridized carbons (Fsp3) is 0.467. The maximum atomic E-state index is 12.3. The first-order valence-corrected chi connectivity index (χ1v) is 6.63. The number of ether oxygens (including phenoxy) is 1. The number of ketones is 1. The van der Waals surface area contributed by atoms with Crippen molar-refractivity contribution in [3.8, 4) is 5.75 Å². The number of fused-ring (bicyclic) bond motifs is 1. The number of carbonyl (C=O) groups excluding carboxylic acids is 2. The van der Waals surface area contributed by atoms with Gasteiger partial charge >= 0.3 is 5.97 Å². The average molecular weight is 262 g/mol. The van der Waals surface area contributed by atoms with Crippen molar-refractivity contribution in [2.24, 2.45) is 5.92 Å². The van der Waals surface area contributed by atoms with E-state index in [1.54, 1.807) is 19.1 Å². The first-order chi connectivity index (χ1) is 9.11. The van der Waals surface area contributed by atoms with Crippen LogP contribution < -0.4 is 0 Å². The SMILES string of the molecule is CCOC(=O)CCC1CCc2cc(O)ccc2C1=O. The second kappa shape index (κ2) is 5.87. The van der Waals surface area contributed by atoms with E-state index in [1.807, 2.05) is 0 Å². The van der Waals surface area contributed by atoms with Gasteiger partial charge in [0.2, 0.25) is 0 Å². The standard InChI is InChI=1S/C15H18O4/c1-2-19-14(17)8-5-10-3-4-11-9-12(16)6-7-13(11)15(10)18/h6-7,9-10,16H,2-5,8H2,1H3. The van der Waals surface area contributed by atoms with E-state index in [1.165, 1.54) is 6.07 Å². The molecule has 0 fully saturated rings. The Hall–Kier alpha value is -1.84. The van der Waals surface area contributed by atoms with Crippen LogP contribution in [0.1, 0.15) is 42.1 Å². The van der Waals surface area contributed by atoms with Crippen LogP contribution in [-0.4, -0.2) is 23.5 Å². The molecule has 0 spiro atoms. The van der Waals surface area contributed by atoms with E-state index in [9.17, 15) is 14.7 Å². The topological polar surface area (TPSA) is 63.6 Å². The van der Waals surface area contributed by atoms with Gasteiger partial charge in [0.1, 0.15) is 5.75 Å². The summed E-state index contributed by atoms with van der Waals surface area (Å²) in [6, 6.07) is 4.85. The third-order valence-corrected chi connectivity index (χ3v) is 3.49. The van der Waals surface area contributed by atoms with Gasteiger partial charge in [0, 0.05) is 17.9 Å². The smallest absolute Gasteiger partial charge is 0.305 e. The Labute approximate surface area is 112 Å². The average Bonchev–Trinajstić information content (AvgIpc) is 2.38. The largest absolute Gasteiger partial charge is 0.508 e. The van der Waals surface area contributed by atoms with Crippen LogP contribution in [0.2, 0.25) is 0 Å². The molecule has 102 valence electrons. The highest BCUT2D eigenvalue weighted by Gasteiger charge is 2.27. The molecule has 0 saturated carbocycles. The van der Waals surface area contributed by atoms with Crippen LogP contribution in [0, 0.1) is 5.92 Å². The Morgan fingerprint density at radius 1 is 1.47 bits per heavy atom. The number of phenolic OH excluding ortho intramolecular Hbond substituents is 1. The van der Waals surface area contributed by atoms with Crippen LogP contribution in [-0.2, 0) is 16.0 Å². The zero-order chi connectivity index (χ0) is 13.8. The molecule has 0 aliphatic heterocycles. The molecule has 4 nitrogen and oxygen atoms in total. The van der Waals surface area contributed by atoms with Gasteiger partial charge < -0.3 is 9.84 Å². The molecule has 2 rings (SSSR count). The molecule has 1 N–H and O–H groups in total. The number of hydrogen-bond donors (Lipinski definition) is 1. The Morgan fingerprint density at radius 3 is 3.00 bits per heavy atom. The minimum Gasteiger partial charge on any atom is -0.508 e. The number of aryl methyl sites for hydroxylation is 1. The zero-order valence-corrected chi connectivity index (χ0v) is 11.0. The van der Waals surface area contributed by atoms with Gasteiger partial charge in [0.25, 0.3) is 0 Å². The highest BCUT2D eigenvalue weighted by Crippen LogP contribution is 2.30. The summed E-state index contributed by atoms with van der Waals surface area (Å²) in [4.78, 5) is 23.6. The van der Waals surface area contributed by atoms with Crippen LogP contribution in [0.15, 0.2) is 18.2 Å². The predicted octanol–water partition coefficient (Wildman–Crippen LogP) is 2.48. The van der Waals surface area contributed by atoms with Crippen molar-refractivity contribution >= 4 is 11.8 Å². The molecule has 0 amide bonds. The second-order valence-electron chi connectivity index (χ2n) is 4.78. The lowest BCUT2D eigenvalue weighted by atomic mass is 9.80. The van der Waals surface area contributed by atoms with Crippen molar-refractivity contribution in [2.75, 3.05) is 6.61 Å². The van der Waals surface area contributed by atoms with Crippen molar-refractivity contribution in [3.63, 3.8) is 0 Å². The molecular weight excluding hydrogens is 244 g/mol. The molecule has 0 aromatic heterocycles. The monoisotopic (exact) mass is 262 g/mol. The molecule has 1 aliphatic carbocycles. The summed E-state index contributed by atoms with van der Waals surface area (Å²) in [7, 11) is 0. The lowest BCUT2D eigenvalue weighted by Crippen LogP contribution is -2.23. The summed E-state index contributed by atoms with van der Waals surface area (Å²) in [5, 5.41) is 9.40. The van der Waals surface area contributed by atoms with Gasteiger partial charge in [-0.15, -0.1) is 0 Å². The number of esters is 1. The molecular formula is C15H18O4. The first-order valence-electron chi connectivity index (χ1n) is 6.63. The summed E-state index contributed by atoms with van der Waals surface area (Å²) in [6.45, 7) is 2.14. The summed E-state index contributed by atoms with van der Waals surface area (Å²) in [5.41, 5.74) is 1.58. The molecule has 0 radical (unpaired) electrons. The quantitative estimate of drug-likeness (QED) is 0.847. The van der Waals surface area contributed by atoms with Gasteiger partial charge in [-0.3, -0.25) is 9.59 Å². The second-order valence-corrected chi connectivity index (χ2v) is 4.78. The van der Waals surface area contributed by atoms with Crippen molar-refractivity contribution in [1.29, 1.82) is 0 Å². The van der Waals surface area contributed by atoms with E-state index in [-0.39, 0.29) is 29.8 Å². The predicted molar refractivity (Wildman–Crippen MR) is 70.1 cm³/mol. The summed E-state index contributed by atoms with van der Waals surface area (Å²) >= 11 is 0. The van der Waals surface area contributed by atoms with Gasteiger partial charge in [-0.25, -0.2) is 0 Å². The molecule has 1 aliphatic rings. The number of aromatic hydroxyl groups is 1. The summed E-state index contributed by atoms with van der Waals surface area (Å²) in [5.74, 6) is -0.0877. The normalized spacial score (nSPS) is 17.9. The molecule has 0 bridgehead atoms. The highest BCUT2D eigenvalue weighted by molar-refractivity contribution is 6.00. The van der Waals surface area contributed by atoms with Crippen LogP contribution in [0.5, 0.6) is 5.75 Å². The molecule has 1 atom stereocenters. The van der Waals surface area contributed by atoms with E-state index in [4.69, 9.17) is 4.74 Å². The molecule has 0 heterocycles. The van der Waals surface area contributed by atoms with Gasteiger partial charge in [0.15, 0.2) is 5.78 Å². The van der Waals surface area contributed by atoms with Crippen molar-refractivity contribution in [3.05, 3.63) is 29.3 Å². The van der Waals surface area contributed by atoms with Crippen molar-refractivity contribution < 1.29 is 19.4 Å². The van der Waals surface area contributed by atoms with Crippen molar-refractivity contribution in [1.82, 2.24) is 0 Å². The molecule has 0 saturated heterocycles. The summed E-state index contributed by atoms with van der Waals surface area (Å²) < 4.78 is 4.87. The highest BCUT2D eigenvalue weighted by atomic mass is 16.5. The number of Topliss-reactive ketones (excluding diaryl/α,β-unsaturated/α-hetero) is 1. The third-order valence-electron chi connectivity index (χ3n) is 3.49. The molecule has 1 aromatic carbocycles. The maximum absolute atomic E-state index is 12.3. The lowest BCUT2D eigenvalue weighted by molar-refractivity contribution is -0.143. The number of benzene rings is 1. The lowest BCUT2D eigenvalue weighted by Gasteiger charge is -2.23. The fourth-order valence-electron chi connectivity index (χ4n) is 2.51. The van der Waals surface area contributed by atoms with E-state index in [0.29, 0.717) is 18.6 Å². The zero-order valence-electron chi connectivity index (χ0n) is 11.0. The van der Waals surface area contributed by atoms with Gasteiger partial charge in [0.05, 0.1) is 6.61 Å². The van der Waals surface area contributed by atoms with Crippen LogP contribution in [0.3, 0.4) is 0 Å². The minimum atomic E-state index is -0.244. The number of phenols is 1. The van der Waals surface area contributed by atoms with Crippen molar-refractivity contribution in [2.45, 2.75) is 32.6 Å². The number of rotatable bonds is 4. The van der Waals surface area contributed by atoms with Gasteiger partial charge in [-0.2, -0.15) is 0 Å². The van der Waals surface area contributed by atoms with E-state index >= 15 is 0 Å². The van der Waals surface area contributed by atoms with Gasteiger partial charge in [-0.05, 0) is 49.9 Å². The molecule has 19 heavy (non-hydrogen) atoms. The molecule has 1 aromatic rings. The van der Waals surface area contributed by atoms with Gasteiger partial charge in [-0.1, -0.05) is 0 Å². The first kappa shape index (κ1) is 13.6. The third kappa shape index (κ3) is 3.13. The minimum absolute atomic E-state index is 0.0746. The molecule has 4 heteroatoms. The number of hydrogen-bond acceptors (Lipinski definition) is 4. The Balaban J connectivity index is 2.01. The molecule has 1 unspecified atom stereocenters. The van der Waals surface area contributed by atoms with Crippen LogP contribution in [0.25, 0.3) is 0 Å². The fourth-order valence-corrected chi connectivity index (χ4v) is 2.51. The van der Waals surface area contributed by atoms with Crippen LogP contribution >= 0.6 is 0 Å². The maximum Gasteiger partial charge on any atom is 0.305 e. The van der Waals surface area contributed by atoms with Crippen LogP contribution in [0.4, 0.5) is 0 Å². The summed E-state index contributed by atoms with van der Waals surface area (Å²) in [6.07, 6.45) is 2.33. The van der Waals surface area contributed by atoms with E-state index in [0.717, 1.165) is 18.4 Å². The van der Waals surface area contributed by atoms with E-state index < -0.39 is 0 Å². The number of carbonyl (C=O) groups is 2. The Kier molecular flexibility index (Phi) is 4.20. The Bertz CT molecular complexity index is 493. The van der Waals surface area contributed by atoms with E-state index in [2.05, 4.69) is 0 Å².